The van der Waals surface area contributed by atoms with E-state index in [1.54, 1.807) is 0 Å². The van der Waals surface area contributed by atoms with Crippen LogP contribution >= 0.6 is 0 Å². The highest BCUT2D eigenvalue weighted by molar-refractivity contribution is 6.77. The van der Waals surface area contributed by atoms with Crippen molar-refractivity contribution in [3.8, 4) is 0 Å². The zero-order valence-corrected chi connectivity index (χ0v) is 25.8. The first-order valence-electron chi connectivity index (χ1n) is 14.0. The molecular weight excluding hydrogens is 480 g/mol. The maximum absolute atomic E-state index is 11.1. The summed E-state index contributed by atoms with van der Waals surface area (Å²) in [7, 11) is -2.07. The second kappa shape index (κ2) is 13.1. The Morgan fingerprint density at radius 2 is 1.62 bits per heavy atom. The van der Waals surface area contributed by atoms with Crippen LogP contribution in [0.25, 0.3) is 0 Å². The minimum Gasteiger partial charge on any atom is -0.461 e. The largest absolute Gasteiger partial charge is 0.461 e. The molecule has 2 aliphatic rings. The molecule has 0 aromatic carbocycles. The molecule has 6 heteroatoms. The molecule has 0 aliphatic carbocycles. The van der Waals surface area contributed by atoms with Gasteiger partial charge < -0.3 is 19.0 Å². The van der Waals surface area contributed by atoms with E-state index in [2.05, 4.69) is 87.3 Å². The molecule has 7 atom stereocenters. The fourth-order valence-corrected chi connectivity index (χ4v) is 11.5. The van der Waals surface area contributed by atoms with Crippen molar-refractivity contribution in [2.45, 2.75) is 129 Å². The number of aliphatic hydroxyl groups excluding tert-OH is 1. The van der Waals surface area contributed by atoms with E-state index < -0.39 is 14.4 Å². The summed E-state index contributed by atoms with van der Waals surface area (Å²) in [5.41, 5.74) is 4.46. The third-order valence-corrected chi connectivity index (χ3v) is 14.7. The summed E-state index contributed by atoms with van der Waals surface area (Å²) in [5, 5.41) is 10.7. The molecule has 0 saturated carbocycles. The van der Waals surface area contributed by atoms with E-state index in [0.29, 0.717) is 35.9 Å². The van der Waals surface area contributed by atoms with E-state index in [1.165, 1.54) is 0 Å². The normalized spacial score (nSPS) is 25.1. The van der Waals surface area contributed by atoms with Crippen LogP contribution in [0.4, 0.5) is 0 Å². The van der Waals surface area contributed by atoms with Gasteiger partial charge in [0, 0.05) is 18.3 Å². The topological polar surface area (TPSA) is 68.3 Å². The Labute approximate surface area is 227 Å². The number of carbonyl (C=O) groups excluding carboxylic acids is 1. The van der Waals surface area contributed by atoms with E-state index in [9.17, 15) is 9.90 Å². The molecule has 0 aromatic heterocycles. The first-order chi connectivity index (χ1) is 17.1. The molecular formula is C31H52O5Si. The van der Waals surface area contributed by atoms with Crippen LogP contribution < -0.4 is 0 Å². The van der Waals surface area contributed by atoms with Gasteiger partial charge in [0.2, 0.25) is 8.32 Å². The van der Waals surface area contributed by atoms with Crippen LogP contribution in [0.5, 0.6) is 0 Å². The molecule has 2 rings (SSSR count). The third kappa shape index (κ3) is 7.78. The standard InChI is InChI=1S/C31H52O5Si/c1-18(2)24(11)27(36-37(19(3)4,20(5)6)21(7)8)14-13-22(9)15-29-31(35-29)26(32)16-23(10)25(12)28-17-30(33)34-28/h13-14,19-21,24-29,31-32H,1,9-10,15-17H2,2-8,11-12H3/b14-13+/t24-,25-,26+,27+,28?,29+,31+/m0/s1. The Kier molecular flexibility index (Phi) is 11.2. The maximum Gasteiger partial charge on any atom is 0.309 e. The lowest BCUT2D eigenvalue weighted by molar-refractivity contribution is -0.172. The van der Waals surface area contributed by atoms with Crippen LogP contribution in [0.3, 0.4) is 0 Å². The monoisotopic (exact) mass is 532 g/mol. The maximum atomic E-state index is 11.1. The summed E-state index contributed by atoms with van der Waals surface area (Å²) in [6.07, 6.45) is 4.69. The van der Waals surface area contributed by atoms with Crippen molar-refractivity contribution >= 4 is 14.3 Å². The number of ether oxygens (including phenoxy) is 2. The van der Waals surface area contributed by atoms with E-state index in [-0.39, 0.29) is 42.2 Å². The Morgan fingerprint density at radius 1 is 1.08 bits per heavy atom. The van der Waals surface area contributed by atoms with Gasteiger partial charge >= 0.3 is 5.97 Å². The van der Waals surface area contributed by atoms with Crippen LogP contribution in [0, 0.1) is 11.8 Å². The molecule has 0 aromatic rings. The number of aliphatic hydroxyl groups is 1. The second-order valence-corrected chi connectivity index (χ2v) is 17.8. The first-order valence-corrected chi connectivity index (χ1v) is 16.2. The molecule has 5 nitrogen and oxygen atoms in total. The summed E-state index contributed by atoms with van der Waals surface area (Å²) in [6.45, 7) is 32.7. The molecule has 0 spiro atoms. The number of hydrogen-bond donors (Lipinski definition) is 1. The van der Waals surface area contributed by atoms with E-state index in [1.807, 2.05) is 6.92 Å². The van der Waals surface area contributed by atoms with Crippen LogP contribution in [0.1, 0.15) is 81.6 Å². The molecule has 2 aliphatic heterocycles. The van der Waals surface area contributed by atoms with Crippen LogP contribution in [-0.2, 0) is 18.7 Å². The highest BCUT2D eigenvalue weighted by Crippen LogP contribution is 2.44. The van der Waals surface area contributed by atoms with Gasteiger partial charge in [0.05, 0.1) is 24.7 Å². The summed E-state index contributed by atoms with van der Waals surface area (Å²) in [6, 6.07) is 0. The Balaban J connectivity index is 1.98. The van der Waals surface area contributed by atoms with E-state index in [4.69, 9.17) is 13.9 Å². The molecule has 210 valence electrons. The van der Waals surface area contributed by atoms with Crippen molar-refractivity contribution in [3.05, 3.63) is 48.6 Å². The van der Waals surface area contributed by atoms with Crippen molar-refractivity contribution in [3.63, 3.8) is 0 Å². The summed E-state index contributed by atoms with van der Waals surface area (Å²) in [4.78, 5) is 11.1. The van der Waals surface area contributed by atoms with Crippen molar-refractivity contribution in [1.82, 2.24) is 0 Å². The Bertz CT molecular complexity index is 843. The molecule has 1 unspecified atom stereocenters. The van der Waals surface area contributed by atoms with Crippen LogP contribution in [0.15, 0.2) is 48.6 Å². The summed E-state index contributed by atoms with van der Waals surface area (Å²) < 4.78 is 18.1. The molecule has 0 bridgehead atoms. The van der Waals surface area contributed by atoms with Gasteiger partial charge in [0.15, 0.2) is 0 Å². The molecule has 37 heavy (non-hydrogen) atoms. The number of rotatable bonds is 16. The SMILES string of the molecule is C=C(/C=C/[C@@H](O[Si](C(C)C)(C(C)C)C(C)C)[C@@H](C)C(=C)C)C[C@H]1O[C@@H]1[C@H](O)CC(=C)[C@H](C)C1CC(=O)O1. The van der Waals surface area contributed by atoms with Gasteiger partial charge in [-0.1, -0.05) is 104 Å². The van der Waals surface area contributed by atoms with Gasteiger partial charge in [0.1, 0.15) is 12.2 Å². The zero-order chi connectivity index (χ0) is 28.2. The quantitative estimate of drug-likeness (QED) is 0.0743. The predicted molar refractivity (Wildman–Crippen MR) is 155 cm³/mol. The highest BCUT2D eigenvalue weighted by atomic mass is 28.4. The highest BCUT2D eigenvalue weighted by Gasteiger charge is 2.47. The van der Waals surface area contributed by atoms with Crippen molar-refractivity contribution in [2.75, 3.05) is 0 Å². The third-order valence-electron chi connectivity index (χ3n) is 8.63. The van der Waals surface area contributed by atoms with Gasteiger partial charge in [-0.2, -0.15) is 0 Å². The molecule has 2 heterocycles. The lowest BCUT2D eigenvalue weighted by atomic mass is 9.87. The minimum atomic E-state index is -2.07. The fourth-order valence-electron chi connectivity index (χ4n) is 5.88. The fraction of sp³-hybridized carbons (Fsp3) is 0.710. The molecule has 1 N–H and O–H groups in total. The number of allylic oxidation sites excluding steroid dienone is 1. The van der Waals surface area contributed by atoms with Gasteiger partial charge in [0.25, 0.3) is 0 Å². The molecule has 0 amide bonds. The zero-order valence-electron chi connectivity index (χ0n) is 24.8. The van der Waals surface area contributed by atoms with Crippen molar-refractivity contribution in [2.24, 2.45) is 11.8 Å². The Morgan fingerprint density at radius 3 is 2.08 bits per heavy atom. The molecule has 2 fully saturated rings. The number of hydrogen-bond acceptors (Lipinski definition) is 5. The average molecular weight is 533 g/mol. The molecule has 0 radical (unpaired) electrons. The van der Waals surface area contributed by atoms with Crippen LogP contribution in [-0.4, -0.2) is 49.9 Å². The van der Waals surface area contributed by atoms with Crippen LogP contribution in [0.2, 0.25) is 16.6 Å². The van der Waals surface area contributed by atoms with Gasteiger partial charge in [-0.05, 0) is 30.0 Å². The minimum absolute atomic E-state index is 0.0351. The van der Waals surface area contributed by atoms with Gasteiger partial charge in [-0.25, -0.2) is 0 Å². The lowest BCUT2D eigenvalue weighted by Gasteiger charge is -2.45. The number of epoxide rings is 1. The summed E-state index contributed by atoms with van der Waals surface area (Å²) in [5.74, 6) is 0.0630. The van der Waals surface area contributed by atoms with Gasteiger partial charge in [-0.15, -0.1) is 0 Å². The van der Waals surface area contributed by atoms with Crippen molar-refractivity contribution < 1.29 is 23.8 Å². The van der Waals surface area contributed by atoms with E-state index in [0.717, 1.165) is 16.7 Å². The number of esters is 1. The summed E-state index contributed by atoms with van der Waals surface area (Å²) >= 11 is 0. The molecule has 2 saturated heterocycles. The van der Waals surface area contributed by atoms with E-state index >= 15 is 0 Å². The first kappa shape index (κ1) is 31.7. The van der Waals surface area contributed by atoms with Crippen molar-refractivity contribution in [1.29, 1.82) is 0 Å². The lowest BCUT2D eigenvalue weighted by Crippen LogP contribution is -2.51. The smallest absolute Gasteiger partial charge is 0.309 e. The Hall–Kier alpha value is -1.47. The number of carbonyl (C=O) groups is 1. The second-order valence-electron chi connectivity index (χ2n) is 12.3. The number of cyclic esters (lactones) is 1. The average Bonchev–Trinajstić information content (AvgIpc) is 3.54. The van der Waals surface area contributed by atoms with Gasteiger partial charge in [-0.3, -0.25) is 4.79 Å². The predicted octanol–water partition coefficient (Wildman–Crippen LogP) is 7.29.